The lowest BCUT2D eigenvalue weighted by Crippen LogP contribution is -2.21. The molecule has 0 saturated carbocycles. The first-order valence-corrected chi connectivity index (χ1v) is 6.03. The van der Waals surface area contributed by atoms with E-state index in [2.05, 4.69) is 4.74 Å². The SMILES string of the molecule is CS(=O)(=O)c1ccc(OC(F)C(=O)O)cc1. The molecule has 0 bridgehead atoms. The summed E-state index contributed by atoms with van der Waals surface area (Å²) in [5.41, 5.74) is 0. The van der Waals surface area contributed by atoms with Gasteiger partial charge in [-0.3, -0.25) is 0 Å². The van der Waals surface area contributed by atoms with Gasteiger partial charge in [-0.25, -0.2) is 13.2 Å². The highest BCUT2D eigenvalue weighted by atomic mass is 32.2. The van der Waals surface area contributed by atoms with Crippen LogP contribution < -0.4 is 4.74 Å². The van der Waals surface area contributed by atoms with Crippen LogP contribution in [0, 0.1) is 0 Å². The number of ether oxygens (including phenoxy) is 1. The van der Waals surface area contributed by atoms with Gasteiger partial charge < -0.3 is 9.84 Å². The molecule has 16 heavy (non-hydrogen) atoms. The summed E-state index contributed by atoms with van der Waals surface area (Å²) in [5, 5.41) is 8.23. The van der Waals surface area contributed by atoms with E-state index in [1.807, 2.05) is 0 Å². The number of benzene rings is 1. The smallest absolute Gasteiger partial charge is 0.378 e. The van der Waals surface area contributed by atoms with Crippen molar-refractivity contribution in [3.05, 3.63) is 24.3 Å². The van der Waals surface area contributed by atoms with E-state index in [9.17, 15) is 17.6 Å². The zero-order valence-electron chi connectivity index (χ0n) is 8.25. The van der Waals surface area contributed by atoms with Gasteiger partial charge in [0.1, 0.15) is 5.75 Å². The number of rotatable bonds is 4. The Hall–Kier alpha value is -1.63. The van der Waals surface area contributed by atoms with Crippen LogP contribution in [0.5, 0.6) is 5.75 Å². The normalized spacial score (nSPS) is 13.1. The zero-order chi connectivity index (χ0) is 12.3. The maximum absolute atomic E-state index is 12.6. The number of carboxylic acid groups (broad SMARTS) is 1. The molecule has 1 aromatic rings. The van der Waals surface area contributed by atoms with E-state index < -0.39 is 22.2 Å². The number of hydrogen-bond donors (Lipinski definition) is 1. The van der Waals surface area contributed by atoms with Crippen LogP contribution in [0.3, 0.4) is 0 Å². The second-order valence-electron chi connectivity index (χ2n) is 3.02. The number of hydrogen-bond acceptors (Lipinski definition) is 4. The first-order valence-electron chi connectivity index (χ1n) is 4.14. The second-order valence-corrected chi connectivity index (χ2v) is 5.03. The lowest BCUT2D eigenvalue weighted by molar-refractivity contribution is -0.153. The third-order valence-corrected chi connectivity index (χ3v) is 2.81. The van der Waals surface area contributed by atoms with Crippen molar-refractivity contribution >= 4 is 15.8 Å². The number of carbonyl (C=O) groups is 1. The molecule has 7 heteroatoms. The fraction of sp³-hybridized carbons (Fsp3) is 0.222. The lowest BCUT2D eigenvalue weighted by Gasteiger charge is -2.07. The topological polar surface area (TPSA) is 80.7 Å². The fourth-order valence-corrected chi connectivity index (χ4v) is 1.57. The summed E-state index contributed by atoms with van der Waals surface area (Å²) in [5.74, 6) is -1.80. The molecule has 0 saturated heterocycles. The van der Waals surface area contributed by atoms with Gasteiger partial charge in [-0.2, -0.15) is 4.39 Å². The van der Waals surface area contributed by atoms with E-state index in [1.165, 1.54) is 24.3 Å². The monoisotopic (exact) mass is 248 g/mol. The van der Waals surface area contributed by atoms with E-state index in [1.54, 1.807) is 0 Å². The Kier molecular flexibility index (Phi) is 3.48. The lowest BCUT2D eigenvalue weighted by atomic mass is 10.3. The first-order chi connectivity index (χ1) is 7.30. The molecule has 0 aliphatic rings. The zero-order valence-corrected chi connectivity index (χ0v) is 9.07. The standard InChI is InChI=1S/C9H9FO5S/c1-16(13,14)7-4-2-6(3-5-7)15-8(10)9(11)12/h2-5,8H,1H3,(H,11,12). The predicted molar refractivity (Wildman–Crippen MR) is 52.7 cm³/mol. The minimum atomic E-state index is -3.33. The van der Waals surface area contributed by atoms with Gasteiger partial charge in [0.15, 0.2) is 9.84 Å². The van der Waals surface area contributed by atoms with Crippen LogP contribution in [0.2, 0.25) is 0 Å². The fourth-order valence-electron chi connectivity index (χ4n) is 0.935. The van der Waals surface area contributed by atoms with Crippen molar-refractivity contribution in [2.24, 2.45) is 0 Å². The highest BCUT2D eigenvalue weighted by Gasteiger charge is 2.17. The van der Waals surface area contributed by atoms with Crippen molar-refractivity contribution in [2.75, 3.05) is 6.26 Å². The molecule has 0 radical (unpaired) electrons. The number of carboxylic acids is 1. The Morgan fingerprint density at radius 3 is 2.25 bits per heavy atom. The van der Waals surface area contributed by atoms with Crippen LogP contribution in [0.1, 0.15) is 0 Å². The minimum Gasteiger partial charge on any atom is -0.476 e. The summed E-state index contributed by atoms with van der Waals surface area (Å²) >= 11 is 0. The number of aliphatic carboxylic acids is 1. The first kappa shape index (κ1) is 12.4. The summed E-state index contributed by atoms with van der Waals surface area (Å²) in [6.45, 7) is 0. The van der Waals surface area contributed by atoms with Gasteiger partial charge >= 0.3 is 12.3 Å². The molecule has 1 rings (SSSR count). The number of alkyl halides is 1. The maximum atomic E-state index is 12.6. The molecule has 1 atom stereocenters. The van der Waals surface area contributed by atoms with Crippen LogP contribution in [0.25, 0.3) is 0 Å². The molecule has 1 unspecified atom stereocenters. The third-order valence-electron chi connectivity index (χ3n) is 1.69. The molecule has 0 aliphatic carbocycles. The summed E-state index contributed by atoms with van der Waals surface area (Å²) in [6, 6.07) is 4.79. The molecule has 0 spiro atoms. The van der Waals surface area contributed by atoms with Gasteiger partial charge in [0, 0.05) is 6.26 Å². The van der Waals surface area contributed by atoms with E-state index in [0.717, 1.165) is 6.26 Å². The Morgan fingerprint density at radius 1 is 1.38 bits per heavy atom. The average molecular weight is 248 g/mol. The molecule has 0 aromatic heterocycles. The van der Waals surface area contributed by atoms with E-state index in [-0.39, 0.29) is 10.6 Å². The minimum absolute atomic E-state index is 0.0468. The van der Waals surface area contributed by atoms with E-state index in [4.69, 9.17) is 5.11 Å². The highest BCUT2D eigenvalue weighted by Crippen LogP contribution is 2.17. The van der Waals surface area contributed by atoms with Crippen LogP contribution in [0.15, 0.2) is 29.2 Å². The Labute approximate surface area is 91.4 Å². The second kappa shape index (κ2) is 4.48. The molecule has 1 N–H and O–H groups in total. The van der Waals surface area contributed by atoms with Crippen molar-refractivity contribution in [3.8, 4) is 5.75 Å². The molecule has 0 amide bonds. The van der Waals surface area contributed by atoms with Gasteiger partial charge in [0.2, 0.25) is 0 Å². The predicted octanol–water partition coefficient (Wildman–Crippen LogP) is 0.849. The molecule has 0 fully saturated rings. The molecule has 0 aliphatic heterocycles. The molecule has 5 nitrogen and oxygen atoms in total. The van der Waals surface area contributed by atoms with Gasteiger partial charge in [0.25, 0.3) is 0 Å². The van der Waals surface area contributed by atoms with Crippen molar-refractivity contribution in [3.63, 3.8) is 0 Å². The van der Waals surface area contributed by atoms with Crippen LogP contribution in [-0.2, 0) is 14.6 Å². The van der Waals surface area contributed by atoms with Crippen molar-refractivity contribution in [1.82, 2.24) is 0 Å². The Morgan fingerprint density at radius 2 is 1.88 bits per heavy atom. The molecular weight excluding hydrogens is 239 g/mol. The van der Waals surface area contributed by atoms with Gasteiger partial charge in [0.05, 0.1) is 4.90 Å². The third kappa shape index (κ3) is 3.20. The summed E-state index contributed by atoms with van der Waals surface area (Å²) in [6.07, 6.45) is -1.44. The molecule has 88 valence electrons. The van der Waals surface area contributed by atoms with E-state index in [0.29, 0.717) is 0 Å². The van der Waals surface area contributed by atoms with Crippen molar-refractivity contribution in [1.29, 1.82) is 0 Å². The molecule has 1 aromatic carbocycles. The average Bonchev–Trinajstić information content (AvgIpc) is 2.17. The van der Waals surface area contributed by atoms with Crippen LogP contribution in [-0.4, -0.2) is 32.1 Å². The summed E-state index contributed by atoms with van der Waals surface area (Å²) < 4.78 is 39.1. The Balaban J connectivity index is 2.84. The van der Waals surface area contributed by atoms with Crippen LogP contribution >= 0.6 is 0 Å². The van der Waals surface area contributed by atoms with Gasteiger partial charge in [-0.05, 0) is 24.3 Å². The summed E-state index contributed by atoms with van der Waals surface area (Å²) in [7, 11) is -3.33. The van der Waals surface area contributed by atoms with Gasteiger partial charge in [-0.15, -0.1) is 0 Å². The van der Waals surface area contributed by atoms with Crippen molar-refractivity contribution in [2.45, 2.75) is 11.3 Å². The maximum Gasteiger partial charge on any atom is 0.378 e. The summed E-state index contributed by atoms with van der Waals surface area (Å²) in [4.78, 5) is 10.2. The quantitative estimate of drug-likeness (QED) is 0.854. The number of sulfone groups is 1. The van der Waals surface area contributed by atoms with Crippen molar-refractivity contribution < 1.29 is 27.4 Å². The van der Waals surface area contributed by atoms with Gasteiger partial charge in [-0.1, -0.05) is 0 Å². The largest absolute Gasteiger partial charge is 0.476 e. The van der Waals surface area contributed by atoms with Crippen LogP contribution in [0.4, 0.5) is 4.39 Å². The Bertz CT molecular complexity index is 479. The number of halogens is 1. The molecular formula is C9H9FO5S. The molecule has 0 heterocycles. The highest BCUT2D eigenvalue weighted by molar-refractivity contribution is 7.90. The van der Waals surface area contributed by atoms with E-state index >= 15 is 0 Å².